The third-order valence-corrected chi connectivity index (χ3v) is 5.79. The minimum atomic E-state index is -0.461. The summed E-state index contributed by atoms with van der Waals surface area (Å²) < 4.78 is 16.9. The summed E-state index contributed by atoms with van der Waals surface area (Å²) in [5.41, 5.74) is 1.74. The lowest BCUT2D eigenvalue weighted by atomic mass is 10.0. The number of hydrogen-bond acceptors (Lipinski definition) is 4. The van der Waals surface area contributed by atoms with Crippen LogP contribution < -0.4 is 11.0 Å². The van der Waals surface area contributed by atoms with Gasteiger partial charge >= 0.3 is 5.69 Å². The average Bonchev–Trinajstić information content (AvgIpc) is 2.97. The maximum Gasteiger partial charge on any atom is 0.330 e. The third-order valence-electron chi connectivity index (χ3n) is 5.57. The smallest absolute Gasteiger partial charge is 0.330 e. The van der Waals surface area contributed by atoms with Gasteiger partial charge in [-0.25, -0.2) is 14.2 Å². The zero-order valence-electron chi connectivity index (χ0n) is 16.9. The molecule has 0 spiro atoms. The summed E-state index contributed by atoms with van der Waals surface area (Å²) in [7, 11) is 3.48. The van der Waals surface area contributed by atoms with E-state index >= 15 is 0 Å². The zero-order valence-corrected chi connectivity index (χ0v) is 17.6. The first-order valence-corrected chi connectivity index (χ1v) is 10.2. The minimum Gasteiger partial charge on any atom is -0.373 e. The standard InChI is InChI=1S/C21H23ClFN5O2/c1-24-18-6-5-17-20(25-18)26(2)21(30)28(17)16-4-3-7-27(12-16)19(29)10-13-8-14(22)11-15(23)9-13/h5-6,8-9,11,16H,3-4,7,10,12H2,1-2H3,(H,24,25)/t16-/m1/s1. The number of piperidine rings is 1. The molecule has 1 fully saturated rings. The molecule has 1 saturated heterocycles. The number of rotatable bonds is 4. The molecule has 3 aromatic rings. The summed E-state index contributed by atoms with van der Waals surface area (Å²) >= 11 is 5.90. The second-order valence-electron chi connectivity index (χ2n) is 7.59. The lowest BCUT2D eigenvalue weighted by Crippen LogP contribution is -2.43. The van der Waals surface area contributed by atoms with Crippen molar-refractivity contribution >= 4 is 34.5 Å². The van der Waals surface area contributed by atoms with Gasteiger partial charge in [0.2, 0.25) is 5.91 Å². The van der Waals surface area contributed by atoms with Crippen LogP contribution in [-0.2, 0) is 18.3 Å². The van der Waals surface area contributed by atoms with Gasteiger partial charge in [0.1, 0.15) is 11.6 Å². The third kappa shape index (κ3) is 3.79. The molecule has 0 aliphatic carbocycles. The van der Waals surface area contributed by atoms with E-state index in [9.17, 15) is 14.0 Å². The SMILES string of the molecule is CNc1ccc2c(n1)n(C)c(=O)n2[C@@H]1CCCN(C(=O)Cc2cc(F)cc(Cl)c2)C1. The van der Waals surface area contributed by atoms with E-state index in [0.29, 0.717) is 30.1 Å². The van der Waals surface area contributed by atoms with E-state index in [1.54, 1.807) is 29.6 Å². The molecule has 1 atom stereocenters. The van der Waals surface area contributed by atoms with Crippen LogP contribution in [0.1, 0.15) is 24.4 Å². The number of amides is 1. The van der Waals surface area contributed by atoms with Crippen molar-refractivity contribution in [2.24, 2.45) is 7.05 Å². The highest BCUT2D eigenvalue weighted by Crippen LogP contribution is 2.25. The van der Waals surface area contributed by atoms with Crippen LogP contribution in [0, 0.1) is 5.82 Å². The number of anilines is 1. The van der Waals surface area contributed by atoms with Gasteiger partial charge in [0.15, 0.2) is 5.65 Å². The van der Waals surface area contributed by atoms with E-state index in [1.807, 2.05) is 12.1 Å². The fourth-order valence-corrected chi connectivity index (χ4v) is 4.36. The van der Waals surface area contributed by atoms with E-state index in [0.717, 1.165) is 18.4 Å². The number of aryl methyl sites for hydroxylation is 1. The molecule has 1 amide bonds. The summed E-state index contributed by atoms with van der Waals surface area (Å²) in [4.78, 5) is 32.0. The van der Waals surface area contributed by atoms with E-state index in [1.165, 1.54) is 16.7 Å². The summed E-state index contributed by atoms with van der Waals surface area (Å²) in [6.07, 6.45) is 1.65. The molecule has 1 N–H and O–H groups in total. The normalized spacial score (nSPS) is 16.8. The quantitative estimate of drug-likeness (QED) is 0.689. The largest absolute Gasteiger partial charge is 0.373 e. The Morgan fingerprint density at radius 2 is 2.13 bits per heavy atom. The highest BCUT2D eigenvalue weighted by molar-refractivity contribution is 6.30. The zero-order chi connectivity index (χ0) is 21.4. The predicted octanol–water partition coefficient (Wildman–Crippen LogP) is 2.98. The van der Waals surface area contributed by atoms with Crippen molar-refractivity contribution in [3.63, 3.8) is 0 Å². The molecule has 3 heterocycles. The van der Waals surface area contributed by atoms with Gasteiger partial charge in [-0.15, -0.1) is 0 Å². The number of nitrogens with one attached hydrogen (secondary N) is 1. The highest BCUT2D eigenvalue weighted by atomic mass is 35.5. The Balaban J connectivity index is 1.59. The summed E-state index contributed by atoms with van der Waals surface area (Å²) in [6, 6.07) is 7.71. The monoisotopic (exact) mass is 431 g/mol. The molecule has 30 heavy (non-hydrogen) atoms. The van der Waals surface area contributed by atoms with Gasteiger partial charge in [-0.1, -0.05) is 11.6 Å². The molecule has 158 valence electrons. The number of carbonyl (C=O) groups excluding carboxylic acids is 1. The number of likely N-dealkylation sites (tertiary alicyclic amines) is 1. The Hall–Kier alpha value is -2.87. The molecule has 1 aliphatic rings. The minimum absolute atomic E-state index is 0.0712. The number of imidazole rings is 1. The lowest BCUT2D eigenvalue weighted by molar-refractivity contribution is -0.132. The van der Waals surface area contributed by atoms with Crippen molar-refractivity contribution in [3.8, 4) is 0 Å². The molecule has 4 rings (SSSR count). The molecule has 9 heteroatoms. The molecule has 0 radical (unpaired) electrons. The number of carbonyl (C=O) groups is 1. The molecule has 0 bridgehead atoms. The highest BCUT2D eigenvalue weighted by Gasteiger charge is 2.28. The van der Waals surface area contributed by atoms with Crippen molar-refractivity contribution in [1.82, 2.24) is 19.0 Å². The second kappa shape index (κ2) is 8.10. The maximum atomic E-state index is 13.6. The van der Waals surface area contributed by atoms with Crippen LogP contribution in [0.5, 0.6) is 0 Å². The first-order valence-electron chi connectivity index (χ1n) is 9.86. The molecular weight excluding hydrogens is 409 g/mol. The van der Waals surface area contributed by atoms with Crippen LogP contribution in [0.2, 0.25) is 5.02 Å². The van der Waals surface area contributed by atoms with Gasteiger partial charge in [0.25, 0.3) is 0 Å². The number of aromatic nitrogens is 3. The van der Waals surface area contributed by atoms with Gasteiger partial charge < -0.3 is 10.2 Å². The van der Waals surface area contributed by atoms with Gasteiger partial charge in [-0.05, 0) is 48.7 Å². The van der Waals surface area contributed by atoms with Crippen molar-refractivity contribution < 1.29 is 9.18 Å². The topological polar surface area (TPSA) is 72.2 Å². The number of pyridine rings is 1. The van der Waals surface area contributed by atoms with Gasteiger partial charge in [0.05, 0.1) is 18.0 Å². The second-order valence-corrected chi connectivity index (χ2v) is 8.03. The van der Waals surface area contributed by atoms with Crippen molar-refractivity contribution in [3.05, 3.63) is 57.2 Å². The van der Waals surface area contributed by atoms with E-state index < -0.39 is 5.82 Å². The summed E-state index contributed by atoms with van der Waals surface area (Å²) in [5, 5.41) is 3.25. The molecule has 2 aromatic heterocycles. The predicted molar refractivity (Wildman–Crippen MR) is 114 cm³/mol. The lowest BCUT2D eigenvalue weighted by Gasteiger charge is -2.33. The molecule has 1 aromatic carbocycles. The van der Waals surface area contributed by atoms with Crippen LogP contribution in [0.3, 0.4) is 0 Å². The number of hydrogen-bond donors (Lipinski definition) is 1. The van der Waals surface area contributed by atoms with Gasteiger partial charge in [-0.3, -0.25) is 13.9 Å². The van der Waals surface area contributed by atoms with Crippen molar-refractivity contribution in [2.45, 2.75) is 25.3 Å². The fraction of sp³-hybridized carbons (Fsp3) is 0.381. The van der Waals surface area contributed by atoms with Crippen molar-refractivity contribution in [1.29, 1.82) is 0 Å². The number of halogens is 2. The molecule has 0 unspecified atom stereocenters. The Kier molecular flexibility index (Phi) is 5.51. The van der Waals surface area contributed by atoms with Crippen LogP contribution in [0.25, 0.3) is 11.2 Å². The molecule has 1 aliphatic heterocycles. The Labute approximate surface area is 178 Å². The summed E-state index contributed by atoms with van der Waals surface area (Å²) in [5.74, 6) is 0.118. The Bertz CT molecular complexity index is 1150. The van der Waals surface area contributed by atoms with Crippen molar-refractivity contribution in [2.75, 3.05) is 25.5 Å². The first-order chi connectivity index (χ1) is 14.4. The average molecular weight is 432 g/mol. The molecular formula is C21H23ClFN5O2. The van der Waals surface area contributed by atoms with Crippen LogP contribution in [0.4, 0.5) is 10.2 Å². The summed E-state index contributed by atoms with van der Waals surface area (Å²) in [6.45, 7) is 1.04. The van der Waals surface area contributed by atoms with E-state index in [4.69, 9.17) is 11.6 Å². The Morgan fingerprint density at radius 1 is 1.33 bits per heavy atom. The maximum absolute atomic E-state index is 13.6. The number of nitrogens with zero attached hydrogens (tertiary/aromatic N) is 4. The molecule has 0 saturated carbocycles. The fourth-order valence-electron chi connectivity index (χ4n) is 4.11. The number of benzene rings is 1. The first kappa shape index (κ1) is 20.4. The van der Waals surface area contributed by atoms with E-state index in [2.05, 4.69) is 10.3 Å². The van der Waals surface area contributed by atoms with Crippen LogP contribution >= 0.6 is 11.6 Å². The van der Waals surface area contributed by atoms with Crippen LogP contribution in [0.15, 0.2) is 35.1 Å². The number of fused-ring (bicyclic) bond motifs is 1. The van der Waals surface area contributed by atoms with Gasteiger partial charge in [0, 0.05) is 32.2 Å². The van der Waals surface area contributed by atoms with Crippen LogP contribution in [-0.4, -0.2) is 45.1 Å². The Morgan fingerprint density at radius 3 is 2.87 bits per heavy atom. The van der Waals surface area contributed by atoms with E-state index in [-0.39, 0.29) is 29.1 Å². The van der Waals surface area contributed by atoms with Gasteiger partial charge in [-0.2, -0.15) is 0 Å². The molecule has 7 nitrogen and oxygen atoms in total.